The molecule has 0 aromatic carbocycles. The van der Waals surface area contributed by atoms with Crippen molar-refractivity contribution in [3.05, 3.63) is 16.4 Å². The van der Waals surface area contributed by atoms with Crippen LogP contribution in [0, 0.1) is 0 Å². The second kappa shape index (κ2) is 6.34. The first kappa shape index (κ1) is 16.6. The highest BCUT2D eigenvalue weighted by Gasteiger charge is 2.28. The molecule has 0 aliphatic carbocycles. The Kier molecular flexibility index (Phi) is 5.54. The van der Waals surface area contributed by atoms with Crippen LogP contribution < -0.4 is 5.73 Å². The fraction of sp³-hybridized carbons (Fsp3) is 0.727. The molecule has 2 unspecified atom stereocenters. The Morgan fingerprint density at radius 1 is 1.53 bits per heavy atom. The molecule has 0 saturated carbocycles. The first-order chi connectivity index (χ1) is 8.64. The Balaban J connectivity index is 3.02. The summed E-state index contributed by atoms with van der Waals surface area (Å²) in [6, 6.07) is -0.603. The van der Waals surface area contributed by atoms with Crippen LogP contribution in [0.15, 0.2) is 10.7 Å². The summed E-state index contributed by atoms with van der Waals surface area (Å²) in [5.41, 5.74) is 6.82. The predicted molar refractivity (Wildman–Crippen MR) is 79.7 cm³/mol. The number of sulfone groups is 1. The van der Waals surface area contributed by atoms with Gasteiger partial charge < -0.3 is 10.6 Å². The maximum absolute atomic E-state index is 11.6. The largest absolute Gasteiger partial charge is 0.322 e. The molecule has 6 nitrogen and oxygen atoms in total. The van der Waals surface area contributed by atoms with Gasteiger partial charge in [-0.1, -0.05) is 0 Å². The molecule has 1 rings (SSSR count). The fourth-order valence-electron chi connectivity index (χ4n) is 1.66. The number of nitrogens with zero attached hydrogens (tertiary/aromatic N) is 3. The van der Waals surface area contributed by atoms with Crippen LogP contribution in [-0.4, -0.2) is 55.2 Å². The van der Waals surface area contributed by atoms with Crippen LogP contribution in [0.25, 0.3) is 0 Å². The van der Waals surface area contributed by atoms with Crippen molar-refractivity contribution in [3.8, 4) is 0 Å². The van der Waals surface area contributed by atoms with Crippen LogP contribution in [0.3, 0.4) is 0 Å². The van der Waals surface area contributed by atoms with Crippen molar-refractivity contribution in [2.45, 2.75) is 24.8 Å². The highest BCUT2D eigenvalue weighted by Crippen LogP contribution is 2.26. The summed E-state index contributed by atoms with van der Waals surface area (Å²) in [5.74, 6) is 0. The van der Waals surface area contributed by atoms with Crippen LogP contribution in [-0.2, 0) is 16.4 Å². The van der Waals surface area contributed by atoms with Crippen molar-refractivity contribution in [1.82, 2.24) is 14.7 Å². The predicted octanol–water partition coefficient (Wildman–Crippen LogP) is 0.640. The van der Waals surface area contributed by atoms with Gasteiger partial charge in [0, 0.05) is 12.8 Å². The van der Waals surface area contributed by atoms with E-state index < -0.39 is 21.1 Å². The summed E-state index contributed by atoms with van der Waals surface area (Å²) in [6.07, 6.45) is 2.85. The third-order valence-electron chi connectivity index (χ3n) is 3.09. The molecule has 0 spiro atoms. The van der Waals surface area contributed by atoms with E-state index in [-0.39, 0.29) is 0 Å². The Morgan fingerprint density at radius 3 is 2.58 bits per heavy atom. The number of nitrogens with two attached hydrogens (primary N) is 1. The third kappa shape index (κ3) is 4.27. The number of rotatable bonds is 6. The lowest BCUT2D eigenvalue weighted by molar-refractivity contribution is 0.366. The molecule has 0 aliphatic rings. The van der Waals surface area contributed by atoms with Crippen molar-refractivity contribution in [1.29, 1.82) is 0 Å². The Bertz CT molecular complexity index is 527. The number of aromatic nitrogens is 2. The molecule has 1 heterocycles. The van der Waals surface area contributed by atoms with E-state index >= 15 is 0 Å². The molecule has 0 fully saturated rings. The minimum atomic E-state index is -3.19. The van der Waals surface area contributed by atoms with E-state index in [0.717, 1.165) is 16.7 Å². The zero-order valence-electron chi connectivity index (χ0n) is 11.7. The molecule has 19 heavy (non-hydrogen) atoms. The standard InChI is InChI=1S/C11H21BrN4O2S/c1-8(19(4,17)18)10(13)11-9(12)7-14-16(11)6-5-15(2)3/h7-8,10H,5-6,13H2,1-4H3. The Morgan fingerprint density at radius 2 is 2.11 bits per heavy atom. The van der Waals surface area contributed by atoms with E-state index in [1.54, 1.807) is 17.8 Å². The summed E-state index contributed by atoms with van der Waals surface area (Å²) in [5, 5.41) is 3.59. The van der Waals surface area contributed by atoms with E-state index in [4.69, 9.17) is 5.73 Å². The molecule has 0 saturated heterocycles. The van der Waals surface area contributed by atoms with Crippen LogP contribution >= 0.6 is 15.9 Å². The van der Waals surface area contributed by atoms with Crippen LogP contribution in [0.2, 0.25) is 0 Å². The topological polar surface area (TPSA) is 81.2 Å². The van der Waals surface area contributed by atoms with Crippen molar-refractivity contribution in [2.75, 3.05) is 26.9 Å². The molecule has 1 aromatic heterocycles. The van der Waals surface area contributed by atoms with Gasteiger partial charge in [0.2, 0.25) is 0 Å². The van der Waals surface area contributed by atoms with E-state index in [9.17, 15) is 8.42 Å². The van der Waals surface area contributed by atoms with Gasteiger partial charge >= 0.3 is 0 Å². The average Bonchev–Trinajstić information content (AvgIpc) is 2.64. The van der Waals surface area contributed by atoms with Gasteiger partial charge in [-0.2, -0.15) is 5.10 Å². The van der Waals surface area contributed by atoms with Crippen LogP contribution in [0.4, 0.5) is 0 Å². The van der Waals surface area contributed by atoms with Gasteiger partial charge in [-0.15, -0.1) is 0 Å². The maximum atomic E-state index is 11.6. The molecule has 2 N–H and O–H groups in total. The van der Waals surface area contributed by atoms with Gasteiger partial charge in [0.15, 0.2) is 9.84 Å². The summed E-state index contributed by atoms with van der Waals surface area (Å²) >= 11 is 3.39. The van der Waals surface area contributed by atoms with Gasteiger partial charge in [-0.05, 0) is 36.9 Å². The van der Waals surface area contributed by atoms with Gasteiger partial charge in [-0.3, -0.25) is 4.68 Å². The summed E-state index contributed by atoms with van der Waals surface area (Å²) in [7, 11) is 0.749. The minimum absolute atomic E-state index is 0.603. The highest BCUT2D eigenvalue weighted by molar-refractivity contribution is 9.10. The maximum Gasteiger partial charge on any atom is 0.151 e. The molecule has 0 radical (unpaired) electrons. The molecule has 2 atom stereocenters. The molecular formula is C11H21BrN4O2S. The first-order valence-corrected chi connectivity index (χ1v) is 8.69. The minimum Gasteiger partial charge on any atom is -0.322 e. The van der Waals surface area contributed by atoms with Gasteiger partial charge in [0.25, 0.3) is 0 Å². The first-order valence-electron chi connectivity index (χ1n) is 5.95. The lowest BCUT2D eigenvalue weighted by Crippen LogP contribution is -2.33. The Labute approximate surface area is 123 Å². The smallest absolute Gasteiger partial charge is 0.151 e. The Hall–Kier alpha value is -0.440. The molecule has 0 amide bonds. The van der Waals surface area contributed by atoms with E-state index in [0.29, 0.717) is 6.54 Å². The molecule has 0 bridgehead atoms. The van der Waals surface area contributed by atoms with Crippen LogP contribution in [0.1, 0.15) is 18.7 Å². The second-order valence-electron chi connectivity index (χ2n) is 4.96. The summed E-state index contributed by atoms with van der Waals surface area (Å²) < 4.78 is 25.8. The molecule has 1 aromatic rings. The molecular weight excluding hydrogens is 332 g/mol. The summed E-state index contributed by atoms with van der Waals surface area (Å²) in [6.45, 7) is 3.09. The number of hydrogen-bond acceptors (Lipinski definition) is 5. The number of halogens is 1. The van der Waals surface area contributed by atoms with E-state index in [1.807, 2.05) is 19.0 Å². The quantitative estimate of drug-likeness (QED) is 0.812. The average molecular weight is 353 g/mol. The fourth-order valence-corrected chi connectivity index (χ4v) is 2.89. The number of hydrogen-bond donors (Lipinski definition) is 1. The highest BCUT2D eigenvalue weighted by atomic mass is 79.9. The number of likely N-dealkylation sites (N-methyl/N-ethyl adjacent to an activating group) is 1. The van der Waals surface area contributed by atoms with E-state index in [2.05, 4.69) is 21.0 Å². The van der Waals surface area contributed by atoms with Crippen molar-refractivity contribution in [3.63, 3.8) is 0 Å². The molecule has 110 valence electrons. The van der Waals surface area contributed by atoms with Gasteiger partial charge in [-0.25, -0.2) is 8.42 Å². The summed E-state index contributed by atoms with van der Waals surface area (Å²) in [4.78, 5) is 2.03. The van der Waals surface area contributed by atoms with Crippen LogP contribution in [0.5, 0.6) is 0 Å². The van der Waals surface area contributed by atoms with Crippen molar-refractivity contribution in [2.24, 2.45) is 5.73 Å². The van der Waals surface area contributed by atoms with Crippen molar-refractivity contribution < 1.29 is 8.42 Å². The normalized spacial score (nSPS) is 15.7. The lowest BCUT2D eigenvalue weighted by Gasteiger charge is -2.21. The van der Waals surface area contributed by atoms with Gasteiger partial charge in [0.05, 0.1) is 34.2 Å². The zero-order chi connectivity index (χ0) is 14.8. The van der Waals surface area contributed by atoms with Crippen molar-refractivity contribution >= 4 is 25.8 Å². The van der Waals surface area contributed by atoms with E-state index in [1.165, 1.54) is 6.26 Å². The second-order valence-corrected chi connectivity index (χ2v) is 8.22. The zero-order valence-corrected chi connectivity index (χ0v) is 14.1. The monoisotopic (exact) mass is 352 g/mol. The molecule has 0 aliphatic heterocycles. The third-order valence-corrected chi connectivity index (χ3v) is 5.34. The lowest BCUT2D eigenvalue weighted by atomic mass is 10.1. The molecule has 8 heteroatoms. The van der Waals surface area contributed by atoms with Gasteiger partial charge in [0.1, 0.15) is 0 Å². The SMILES string of the molecule is CC(C(N)c1c(Br)cnn1CCN(C)C)S(C)(=O)=O.